The first-order valence-electron chi connectivity index (χ1n) is 5.60. The molecule has 0 bridgehead atoms. The van der Waals surface area contributed by atoms with Gasteiger partial charge in [0, 0.05) is 24.1 Å². The Labute approximate surface area is 113 Å². The summed E-state index contributed by atoms with van der Waals surface area (Å²) in [5, 5.41) is 30.1. The minimum absolute atomic E-state index is 0.0117. The number of amides is 1. The Balaban J connectivity index is 2.84. The van der Waals surface area contributed by atoms with Crippen LogP contribution in [0.1, 0.15) is 23.2 Å². The minimum Gasteiger partial charge on any atom is -0.480 e. The maximum absolute atomic E-state index is 11.8. The van der Waals surface area contributed by atoms with Crippen molar-refractivity contribution in [2.45, 2.75) is 18.9 Å². The second kappa shape index (κ2) is 6.84. The first-order chi connectivity index (χ1) is 9.45. The number of hydrogen-bond acceptors (Lipinski definition) is 5. The van der Waals surface area contributed by atoms with Crippen molar-refractivity contribution in [3.8, 4) is 6.07 Å². The number of non-ortho nitro benzene ring substituents is 1. The highest BCUT2D eigenvalue weighted by atomic mass is 16.6. The van der Waals surface area contributed by atoms with Crippen LogP contribution in [0.25, 0.3) is 0 Å². The average Bonchev–Trinajstić information content (AvgIpc) is 2.42. The molecule has 0 spiro atoms. The van der Waals surface area contributed by atoms with E-state index in [1.54, 1.807) is 6.07 Å². The standard InChI is InChI=1S/C12H11N3O5/c13-6-2-5-10(12(17)18)14-11(16)8-3-1-4-9(7-8)15(19)20/h1,3-4,7,10H,2,5H2,(H,14,16)(H,17,18)/t10-/m0/s1. The van der Waals surface area contributed by atoms with Crippen LogP contribution in [0.5, 0.6) is 0 Å². The van der Waals surface area contributed by atoms with E-state index in [4.69, 9.17) is 10.4 Å². The van der Waals surface area contributed by atoms with E-state index in [-0.39, 0.29) is 24.1 Å². The summed E-state index contributed by atoms with van der Waals surface area (Å²) in [4.78, 5) is 32.7. The molecule has 8 nitrogen and oxygen atoms in total. The van der Waals surface area contributed by atoms with E-state index in [1.165, 1.54) is 18.2 Å². The fraction of sp³-hybridized carbons (Fsp3) is 0.250. The maximum atomic E-state index is 11.8. The van der Waals surface area contributed by atoms with Gasteiger partial charge in [-0.3, -0.25) is 14.9 Å². The van der Waals surface area contributed by atoms with E-state index in [0.717, 1.165) is 6.07 Å². The molecular formula is C12H11N3O5. The Morgan fingerprint density at radius 2 is 2.20 bits per heavy atom. The molecule has 1 rings (SSSR count). The molecule has 0 fully saturated rings. The van der Waals surface area contributed by atoms with Gasteiger partial charge in [0.05, 0.1) is 11.0 Å². The molecule has 1 amide bonds. The second-order valence-electron chi connectivity index (χ2n) is 3.87. The van der Waals surface area contributed by atoms with Crippen LogP contribution in [0.3, 0.4) is 0 Å². The number of hydrogen-bond donors (Lipinski definition) is 2. The molecule has 2 N–H and O–H groups in total. The number of carboxylic acids is 1. The normalized spacial score (nSPS) is 11.2. The van der Waals surface area contributed by atoms with Crippen LogP contribution >= 0.6 is 0 Å². The van der Waals surface area contributed by atoms with Gasteiger partial charge in [0.25, 0.3) is 11.6 Å². The van der Waals surface area contributed by atoms with Crippen molar-refractivity contribution in [2.75, 3.05) is 0 Å². The smallest absolute Gasteiger partial charge is 0.326 e. The molecule has 8 heteroatoms. The molecule has 104 valence electrons. The number of carbonyl (C=O) groups is 2. The third kappa shape index (κ3) is 4.06. The van der Waals surface area contributed by atoms with Crippen LogP contribution < -0.4 is 5.32 Å². The monoisotopic (exact) mass is 277 g/mol. The number of nitriles is 1. The van der Waals surface area contributed by atoms with Gasteiger partial charge >= 0.3 is 5.97 Å². The Morgan fingerprint density at radius 3 is 2.75 bits per heavy atom. The maximum Gasteiger partial charge on any atom is 0.326 e. The summed E-state index contributed by atoms with van der Waals surface area (Å²) in [6.07, 6.45) is -0.0569. The molecular weight excluding hydrogens is 266 g/mol. The molecule has 0 aliphatic carbocycles. The van der Waals surface area contributed by atoms with Crippen LogP contribution in [0.2, 0.25) is 0 Å². The second-order valence-corrected chi connectivity index (χ2v) is 3.87. The molecule has 1 atom stereocenters. The van der Waals surface area contributed by atoms with Gasteiger partial charge in [0.2, 0.25) is 0 Å². The lowest BCUT2D eigenvalue weighted by Gasteiger charge is -2.12. The Hall–Kier alpha value is -2.95. The highest BCUT2D eigenvalue weighted by Gasteiger charge is 2.21. The van der Waals surface area contributed by atoms with Crippen molar-refractivity contribution in [3.05, 3.63) is 39.9 Å². The SMILES string of the molecule is N#CCC[C@H](NC(=O)c1cccc([N+](=O)[O-])c1)C(=O)O. The van der Waals surface area contributed by atoms with Crippen LogP contribution in [0.15, 0.2) is 24.3 Å². The lowest BCUT2D eigenvalue weighted by atomic mass is 10.1. The zero-order valence-corrected chi connectivity index (χ0v) is 10.3. The van der Waals surface area contributed by atoms with Crippen molar-refractivity contribution in [3.63, 3.8) is 0 Å². The van der Waals surface area contributed by atoms with Crippen LogP contribution in [0.4, 0.5) is 5.69 Å². The van der Waals surface area contributed by atoms with Gasteiger partial charge in [-0.1, -0.05) is 6.07 Å². The number of nitrogens with zero attached hydrogens (tertiary/aromatic N) is 2. The van der Waals surface area contributed by atoms with Crippen molar-refractivity contribution in [2.24, 2.45) is 0 Å². The fourth-order valence-corrected chi connectivity index (χ4v) is 1.47. The van der Waals surface area contributed by atoms with Crippen molar-refractivity contribution in [1.29, 1.82) is 5.26 Å². The largest absolute Gasteiger partial charge is 0.480 e. The average molecular weight is 277 g/mol. The summed E-state index contributed by atoms with van der Waals surface area (Å²) in [5.41, 5.74) is -0.274. The molecule has 0 unspecified atom stereocenters. The molecule has 0 radical (unpaired) electrons. The number of aliphatic carboxylic acids is 1. The predicted octanol–water partition coefficient (Wildman–Crippen LogP) is 1.08. The van der Waals surface area contributed by atoms with Gasteiger partial charge in [-0.15, -0.1) is 0 Å². The molecule has 1 aromatic carbocycles. The zero-order chi connectivity index (χ0) is 15.1. The van der Waals surface area contributed by atoms with E-state index in [1.807, 2.05) is 0 Å². The number of nitrogens with one attached hydrogen (secondary N) is 1. The number of benzene rings is 1. The molecule has 0 aliphatic heterocycles. The van der Waals surface area contributed by atoms with Gasteiger partial charge in [-0.2, -0.15) is 5.26 Å². The molecule has 20 heavy (non-hydrogen) atoms. The third-order valence-electron chi connectivity index (χ3n) is 2.47. The van der Waals surface area contributed by atoms with E-state index in [2.05, 4.69) is 5.32 Å². The molecule has 0 aromatic heterocycles. The predicted molar refractivity (Wildman–Crippen MR) is 66.8 cm³/mol. The summed E-state index contributed by atoms with van der Waals surface area (Å²) in [6.45, 7) is 0. The van der Waals surface area contributed by atoms with Crippen LogP contribution in [0, 0.1) is 21.4 Å². The topological polar surface area (TPSA) is 133 Å². The summed E-state index contributed by atoms with van der Waals surface area (Å²) >= 11 is 0. The highest BCUT2D eigenvalue weighted by molar-refractivity contribution is 5.97. The third-order valence-corrected chi connectivity index (χ3v) is 2.47. The van der Waals surface area contributed by atoms with E-state index >= 15 is 0 Å². The van der Waals surface area contributed by atoms with Gasteiger partial charge in [-0.05, 0) is 12.5 Å². The van der Waals surface area contributed by atoms with E-state index < -0.39 is 22.8 Å². The Kier molecular flexibility index (Phi) is 5.17. The summed E-state index contributed by atoms with van der Waals surface area (Å²) < 4.78 is 0. The first kappa shape index (κ1) is 15.1. The molecule has 0 heterocycles. The summed E-state index contributed by atoms with van der Waals surface area (Å²) in [6, 6.07) is 5.53. The van der Waals surface area contributed by atoms with Crippen molar-refractivity contribution in [1.82, 2.24) is 5.32 Å². The molecule has 0 aliphatic rings. The highest BCUT2D eigenvalue weighted by Crippen LogP contribution is 2.13. The van der Waals surface area contributed by atoms with Crippen LogP contribution in [-0.4, -0.2) is 27.9 Å². The number of carbonyl (C=O) groups excluding carboxylic acids is 1. The van der Waals surface area contributed by atoms with Crippen molar-refractivity contribution < 1.29 is 19.6 Å². The lowest BCUT2D eigenvalue weighted by molar-refractivity contribution is -0.384. The fourth-order valence-electron chi connectivity index (χ4n) is 1.47. The van der Waals surface area contributed by atoms with Crippen molar-refractivity contribution >= 4 is 17.6 Å². The number of nitro benzene ring substituents is 1. The Bertz CT molecular complexity index is 579. The summed E-state index contributed by atoms with van der Waals surface area (Å²) in [5.74, 6) is -2.00. The van der Waals surface area contributed by atoms with Gasteiger partial charge in [-0.25, -0.2) is 4.79 Å². The van der Waals surface area contributed by atoms with E-state index in [0.29, 0.717) is 0 Å². The molecule has 0 saturated heterocycles. The number of nitro groups is 1. The van der Waals surface area contributed by atoms with Gasteiger partial charge in [0.15, 0.2) is 0 Å². The lowest BCUT2D eigenvalue weighted by Crippen LogP contribution is -2.40. The Morgan fingerprint density at radius 1 is 1.50 bits per heavy atom. The van der Waals surface area contributed by atoms with Gasteiger partial charge in [0.1, 0.15) is 6.04 Å². The summed E-state index contributed by atoms with van der Waals surface area (Å²) in [7, 11) is 0. The van der Waals surface area contributed by atoms with Crippen LogP contribution in [-0.2, 0) is 4.79 Å². The molecule has 0 saturated carbocycles. The first-order valence-corrected chi connectivity index (χ1v) is 5.60. The molecule has 1 aromatic rings. The minimum atomic E-state index is -1.26. The quantitative estimate of drug-likeness (QED) is 0.590. The number of rotatable bonds is 6. The number of carboxylic acid groups (broad SMARTS) is 1. The van der Waals surface area contributed by atoms with Gasteiger partial charge < -0.3 is 10.4 Å². The van der Waals surface area contributed by atoms with E-state index in [9.17, 15) is 19.7 Å². The zero-order valence-electron chi connectivity index (χ0n) is 10.3.